The summed E-state index contributed by atoms with van der Waals surface area (Å²) < 4.78 is 45.3. The van der Waals surface area contributed by atoms with Gasteiger partial charge in [-0.1, -0.05) is 0 Å². The molecule has 2 aliphatic rings. The average molecular weight is 578 g/mol. The first-order valence-electron chi connectivity index (χ1n) is 13.2. The second kappa shape index (κ2) is 11.5. The third-order valence-corrected chi connectivity index (χ3v) is 6.62. The number of carbonyl (C=O) groups excluding carboxylic acids is 1. The van der Waals surface area contributed by atoms with Crippen LogP contribution in [0.2, 0.25) is 0 Å². The Morgan fingerprint density at radius 3 is 2.33 bits per heavy atom. The van der Waals surface area contributed by atoms with Crippen LogP contribution in [0, 0.1) is 23.0 Å². The number of fused-ring (bicyclic) bond motifs is 1. The van der Waals surface area contributed by atoms with Gasteiger partial charge in [0, 0.05) is 31.7 Å². The minimum atomic E-state index is -0.894. The lowest BCUT2D eigenvalue weighted by Gasteiger charge is -2.35. The van der Waals surface area contributed by atoms with Crippen molar-refractivity contribution < 1.29 is 27.8 Å². The zero-order valence-corrected chi connectivity index (χ0v) is 23.6. The molecule has 2 aliphatic heterocycles. The number of aliphatic imine (C=N–C) groups is 1. The van der Waals surface area contributed by atoms with Gasteiger partial charge < -0.3 is 28.9 Å². The van der Waals surface area contributed by atoms with E-state index in [-0.39, 0.29) is 17.6 Å². The molecule has 2 aromatic carbocycles. The van der Waals surface area contributed by atoms with E-state index >= 15 is 0 Å². The molecule has 1 saturated heterocycles. The number of halogens is 2. The molecule has 1 fully saturated rings. The molecule has 13 heteroatoms. The Balaban J connectivity index is 1.30. The molecule has 0 aliphatic carbocycles. The smallest absolute Gasteiger partial charge is 0.410 e. The number of methoxy groups -OCH3 is 1. The summed E-state index contributed by atoms with van der Waals surface area (Å²) in [6.45, 7) is 7.93. The molecule has 0 bridgehead atoms. The number of nitrogens with zero attached hydrogens (tertiary/aromatic N) is 7. The summed E-state index contributed by atoms with van der Waals surface area (Å²) in [7, 11) is 1.43. The van der Waals surface area contributed by atoms with Crippen LogP contribution in [0.25, 0.3) is 0 Å². The molecule has 1 aromatic heterocycles. The Hall–Kier alpha value is -4.99. The lowest BCUT2D eigenvalue weighted by Crippen LogP contribution is -2.50. The van der Waals surface area contributed by atoms with Gasteiger partial charge in [0.1, 0.15) is 23.1 Å². The number of carbonyl (C=O) groups is 1. The summed E-state index contributed by atoms with van der Waals surface area (Å²) in [6.07, 6.45) is 4.65. The van der Waals surface area contributed by atoms with E-state index in [1.165, 1.54) is 13.2 Å². The van der Waals surface area contributed by atoms with Crippen molar-refractivity contribution >= 4 is 29.8 Å². The zero-order valence-electron chi connectivity index (χ0n) is 23.6. The molecule has 1 amide bonds. The Bertz CT molecular complexity index is 1560. The molecule has 0 spiro atoms. The van der Waals surface area contributed by atoms with Gasteiger partial charge >= 0.3 is 6.09 Å². The molecule has 42 heavy (non-hydrogen) atoms. The normalized spacial score (nSPS) is 14.7. The van der Waals surface area contributed by atoms with Gasteiger partial charge in [0.2, 0.25) is 5.95 Å². The highest BCUT2D eigenvalue weighted by atomic mass is 19.1. The Morgan fingerprint density at radius 1 is 1.00 bits per heavy atom. The highest BCUT2D eigenvalue weighted by Gasteiger charge is 2.28. The quantitative estimate of drug-likeness (QED) is 0.405. The molecule has 0 radical (unpaired) electrons. The number of rotatable bonds is 5. The van der Waals surface area contributed by atoms with Crippen molar-refractivity contribution in [2.45, 2.75) is 32.9 Å². The van der Waals surface area contributed by atoms with Crippen LogP contribution < -0.4 is 19.3 Å². The lowest BCUT2D eigenvalue weighted by atomic mass is 10.1. The van der Waals surface area contributed by atoms with E-state index in [1.54, 1.807) is 35.8 Å². The highest BCUT2D eigenvalue weighted by Crippen LogP contribution is 2.43. The van der Waals surface area contributed by atoms with E-state index < -0.39 is 28.5 Å². The van der Waals surface area contributed by atoms with Crippen molar-refractivity contribution in [3.05, 3.63) is 59.4 Å². The molecule has 11 nitrogen and oxygen atoms in total. The number of hydrogen-bond donors (Lipinski definition) is 0. The summed E-state index contributed by atoms with van der Waals surface area (Å²) in [4.78, 5) is 31.4. The summed E-state index contributed by atoms with van der Waals surface area (Å²) in [5.74, 6) is -1.39. The molecule has 3 heterocycles. The van der Waals surface area contributed by atoms with Gasteiger partial charge in [0.15, 0.2) is 23.1 Å². The first-order valence-corrected chi connectivity index (χ1v) is 13.2. The third kappa shape index (κ3) is 5.88. The van der Waals surface area contributed by atoms with Gasteiger partial charge in [-0.05, 0) is 45.0 Å². The molecule has 0 unspecified atom stereocenters. The SMILES string of the molecule is COc1c(Oc2c(F)ccc(F)c2C#N)ccc2c1CN(c1cnc(N3CCN(C(=O)OC(C)(C)C)CC3)nc1)C=N2. The number of hydrogen-bond acceptors (Lipinski definition) is 10. The number of anilines is 2. The Morgan fingerprint density at radius 2 is 1.69 bits per heavy atom. The van der Waals surface area contributed by atoms with Gasteiger partial charge in [0.25, 0.3) is 0 Å². The summed E-state index contributed by atoms with van der Waals surface area (Å²) in [5, 5.41) is 9.32. The summed E-state index contributed by atoms with van der Waals surface area (Å²) in [5.41, 5.74) is 0.811. The van der Waals surface area contributed by atoms with Crippen molar-refractivity contribution in [1.82, 2.24) is 14.9 Å². The number of amides is 1. The minimum Gasteiger partial charge on any atom is -0.492 e. The first-order chi connectivity index (χ1) is 20.1. The van der Waals surface area contributed by atoms with E-state index in [9.17, 15) is 18.8 Å². The monoisotopic (exact) mass is 577 g/mol. The standard InChI is InChI=1S/C29H29F2N7O4/c1-29(2,3)42-28(39)37-11-9-36(10-12-37)27-33-14-18(15-34-27)38-16-20-23(35-17-38)7-8-24(26(20)40-4)41-25-19(13-32)21(30)5-6-22(25)31/h5-8,14-15,17H,9-12,16H2,1-4H3. The number of ether oxygens (including phenoxy) is 3. The molecule has 0 N–H and O–H groups in total. The van der Waals surface area contributed by atoms with Crippen LogP contribution in [0.3, 0.4) is 0 Å². The first kappa shape index (κ1) is 28.5. The molecular weight excluding hydrogens is 548 g/mol. The van der Waals surface area contributed by atoms with Crippen LogP contribution >= 0.6 is 0 Å². The van der Waals surface area contributed by atoms with Crippen LogP contribution in [0.5, 0.6) is 17.2 Å². The van der Waals surface area contributed by atoms with Gasteiger partial charge in [-0.2, -0.15) is 5.26 Å². The predicted octanol–water partition coefficient (Wildman–Crippen LogP) is 5.16. The molecule has 0 atom stereocenters. The third-order valence-electron chi connectivity index (χ3n) is 6.62. The number of nitriles is 1. The maximum absolute atomic E-state index is 14.5. The number of piperazine rings is 1. The van der Waals surface area contributed by atoms with Crippen molar-refractivity contribution in [3.63, 3.8) is 0 Å². The van der Waals surface area contributed by atoms with E-state index in [0.29, 0.717) is 55.6 Å². The topological polar surface area (TPSA) is 116 Å². The van der Waals surface area contributed by atoms with Gasteiger partial charge in [-0.25, -0.2) is 28.5 Å². The molecule has 3 aromatic rings. The molecule has 218 valence electrons. The fourth-order valence-corrected chi connectivity index (χ4v) is 4.56. The van der Waals surface area contributed by atoms with Crippen LogP contribution in [0.15, 0.2) is 41.7 Å². The van der Waals surface area contributed by atoms with Gasteiger partial charge in [0.05, 0.1) is 43.8 Å². The number of benzene rings is 2. The Labute approximate surface area is 241 Å². The second-order valence-corrected chi connectivity index (χ2v) is 10.6. The van der Waals surface area contributed by atoms with E-state index in [2.05, 4.69) is 15.0 Å². The summed E-state index contributed by atoms with van der Waals surface area (Å²) >= 11 is 0. The van der Waals surface area contributed by atoms with Crippen LogP contribution in [0.1, 0.15) is 31.9 Å². The van der Waals surface area contributed by atoms with Crippen molar-refractivity contribution in [3.8, 4) is 23.3 Å². The molecular formula is C29H29F2N7O4. The Kier molecular flexibility index (Phi) is 7.80. The van der Waals surface area contributed by atoms with Crippen LogP contribution in [-0.2, 0) is 11.3 Å². The van der Waals surface area contributed by atoms with Crippen LogP contribution in [-0.4, -0.2) is 66.2 Å². The maximum Gasteiger partial charge on any atom is 0.410 e. The number of aromatic nitrogens is 2. The van der Waals surface area contributed by atoms with Gasteiger partial charge in [-0.3, -0.25) is 0 Å². The molecule has 5 rings (SSSR count). The van der Waals surface area contributed by atoms with Crippen molar-refractivity contribution in [2.24, 2.45) is 4.99 Å². The largest absolute Gasteiger partial charge is 0.492 e. The average Bonchev–Trinajstić information content (AvgIpc) is 2.98. The molecule has 0 saturated carbocycles. The highest BCUT2D eigenvalue weighted by molar-refractivity contribution is 5.85. The van der Waals surface area contributed by atoms with E-state index in [1.807, 2.05) is 30.6 Å². The zero-order chi connectivity index (χ0) is 30.0. The lowest BCUT2D eigenvalue weighted by molar-refractivity contribution is 0.0240. The van der Waals surface area contributed by atoms with E-state index in [4.69, 9.17) is 14.2 Å². The van der Waals surface area contributed by atoms with E-state index in [0.717, 1.165) is 12.1 Å². The minimum absolute atomic E-state index is 0.103. The van der Waals surface area contributed by atoms with Gasteiger partial charge in [-0.15, -0.1) is 0 Å². The van der Waals surface area contributed by atoms with Crippen molar-refractivity contribution in [2.75, 3.05) is 43.1 Å². The van der Waals surface area contributed by atoms with Crippen molar-refractivity contribution in [1.29, 1.82) is 5.26 Å². The maximum atomic E-state index is 14.5. The van der Waals surface area contributed by atoms with Crippen LogP contribution in [0.4, 0.5) is 30.9 Å². The summed E-state index contributed by atoms with van der Waals surface area (Å²) in [6, 6.07) is 6.60. The fourth-order valence-electron chi connectivity index (χ4n) is 4.56. The fraction of sp³-hybridized carbons (Fsp3) is 0.345. The second-order valence-electron chi connectivity index (χ2n) is 10.6. The predicted molar refractivity (Wildman–Crippen MR) is 151 cm³/mol.